The van der Waals surface area contributed by atoms with Crippen molar-refractivity contribution in [1.82, 2.24) is 0 Å². The van der Waals surface area contributed by atoms with Crippen molar-refractivity contribution in [3.8, 4) is 0 Å². The van der Waals surface area contributed by atoms with Crippen LogP contribution < -0.4 is 5.32 Å². The highest BCUT2D eigenvalue weighted by Crippen LogP contribution is 2.46. The minimum atomic E-state index is -6.64. The molecule has 24 heavy (non-hydrogen) atoms. The van der Waals surface area contributed by atoms with Gasteiger partial charge in [-0.25, -0.2) is 4.79 Å². The fourth-order valence-electron chi connectivity index (χ4n) is 1.50. The highest BCUT2D eigenvalue weighted by atomic mass is 19.4. The third-order valence-electron chi connectivity index (χ3n) is 2.71. The average Bonchev–Trinajstić information content (AvgIpc) is 2.46. The lowest BCUT2D eigenvalue weighted by atomic mass is 10.1. The van der Waals surface area contributed by atoms with Crippen molar-refractivity contribution < 1.29 is 45.1 Å². The molecular weight excluding hydrogens is 351 g/mol. The van der Waals surface area contributed by atoms with Crippen molar-refractivity contribution in [3.05, 3.63) is 29.8 Å². The molecule has 1 aromatic carbocycles. The van der Waals surface area contributed by atoms with Crippen LogP contribution >= 0.6 is 0 Å². The zero-order chi connectivity index (χ0) is 18.8. The topological polar surface area (TPSA) is 55.4 Å². The van der Waals surface area contributed by atoms with Crippen LogP contribution in [0.3, 0.4) is 0 Å². The van der Waals surface area contributed by atoms with E-state index in [0.717, 1.165) is 18.2 Å². The van der Waals surface area contributed by atoms with Gasteiger partial charge >= 0.3 is 29.9 Å². The van der Waals surface area contributed by atoms with Crippen molar-refractivity contribution in [2.45, 2.75) is 24.9 Å². The van der Waals surface area contributed by atoms with Gasteiger partial charge in [0.05, 0.1) is 17.9 Å². The van der Waals surface area contributed by atoms with Crippen LogP contribution in [-0.2, 0) is 9.53 Å². The van der Waals surface area contributed by atoms with Gasteiger partial charge in [-0.05, 0) is 19.1 Å². The Bertz CT molecular complexity index is 628. The Kier molecular flexibility index (Phi) is 5.47. The number of carbonyl (C=O) groups is 2. The molecule has 134 valence electrons. The molecule has 1 amide bonds. The van der Waals surface area contributed by atoms with Crippen LogP contribution in [0.2, 0.25) is 0 Å². The van der Waals surface area contributed by atoms with Gasteiger partial charge in [0.2, 0.25) is 0 Å². The van der Waals surface area contributed by atoms with Gasteiger partial charge in [-0.3, -0.25) is 4.79 Å². The molecule has 0 bridgehead atoms. The third kappa shape index (κ3) is 3.60. The van der Waals surface area contributed by atoms with E-state index in [1.165, 1.54) is 18.3 Å². The minimum Gasteiger partial charge on any atom is -0.462 e. The fourth-order valence-corrected chi connectivity index (χ4v) is 1.50. The second-order valence-electron chi connectivity index (χ2n) is 4.37. The predicted molar refractivity (Wildman–Crippen MR) is 67.0 cm³/mol. The smallest absolute Gasteiger partial charge is 0.460 e. The Morgan fingerprint density at radius 1 is 1.04 bits per heavy atom. The number of carbonyl (C=O) groups excluding carboxylic acids is 2. The Hall–Kier alpha value is -2.33. The number of hydrogen-bond acceptors (Lipinski definition) is 3. The largest absolute Gasteiger partial charge is 0.462 e. The Morgan fingerprint density at radius 2 is 1.58 bits per heavy atom. The second kappa shape index (κ2) is 6.65. The van der Waals surface area contributed by atoms with Crippen LogP contribution in [0.15, 0.2) is 24.3 Å². The molecule has 0 atom stereocenters. The lowest BCUT2D eigenvalue weighted by molar-refractivity contribution is -0.343. The summed E-state index contributed by atoms with van der Waals surface area (Å²) in [4.78, 5) is 22.8. The molecule has 0 aliphatic carbocycles. The van der Waals surface area contributed by atoms with Crippen molar-refractivity contribution >= 4 is 17.6 Å². The highest BCUT2D eigenvalue weighted by molar-refractivity contribution is 6.03. The lowest BCUT2D eigenvalue weighted by Crippen LogP contribution is -2.57. The number of anilines is 1. The van der Waals surface area contributed by atoms with E-state index in [1.807, 2.05) is 0 Å². The summed E-state index contributed by atoms with van der Waals surface area (Å²) >= 11 is 0. The van der Waals surface area contributed by atoms with Crippen LogP contribution in [0.1, 0.15) is 17.3 Å². The summed E-state index contributed by atoms with van der Waals surface area (Å²) in [6.45, 7) is 1.29. The van der Waals surface area contributed by atoms with Crippen LogP contribution in [0.25, 0.3) is 0 Å². The monoisotopic (exact) mass is 361 g/mol. The zero-order valence-electron chi connectivity index (χ0n) is 11.9. The second-order valence-corrected chi connectivity index (χ2v) is 4.37. The quantitative estimate of drug-likeness (QED) is 0.644. The predicted octanol–water partition coefficient (Wildman–Crippen LogP) is 3.63. The maximum Gasteiger partial charge on any atom is 0.460 e. The zero-order valence-corrected chi connectivity index (χ0v) is 11.9. The van der Waals surface area contributed by atoms with Crippen LogP contribution in [0, 0.1) is 0 Å². The van der Waals surface area contributed by atoms with Crippen molar-refractivity contribution in [1.29, 1.82) is 0 Å². The van der Waals surface area contributed by atoms with Gasteiger partial charge in [-0.1, -0.05) is 12.1 Å². The molecular formula is C13H10F7NO3. The first-order valence-electron chi connectivity index (χ1n) is 6.26. The molecule has 0 fully saturated rings. The molecule has 0 saturated heterocycles. The standard InChI is InChI=1S/C13H10F7NO3/c1-2-24-9(22)7-5-3-4-6-8(7)21-10(23)11(14,15)12(16,17)13(18,19)20/h3-6H,2H2,1H3,(H,21,23). The maximum atomic E-state index is 13.3. The molecule has 0 heterocycles. The number of benzene rings is 1. The number of rotatable bonds is 5. The molecule has 0 aliphatic rings. The summed E-state index contributed by atoms with van der Waals surface area (Å²) < 4.78 is 92.9. The van der Waals surface area contributed by atoms with E-state index in [-0.39, 0.29) is 6.61 Å². The van der Waals surface area contributed by atoms with Gasteiger partial charge in [-0.15, -0.1) is 0 Å². The molecule has 1 rings (SSSR count). The number of halogens is 7. The molecule has 11 heteroatoms. The summed E-state index contributed by atoms with van der Waals surface area (Å²) in [5.41, 5.74) is -1.18. The average molecular weight is 361 g/mol. The SMILES string of the molecule is CCOC(=O)c1ccccc1NC(=O)C(F)(F)C(F)(F)C(F)(F)F. The van der Waals surface area contributed by atoms with E-state index in [1.54, 1.807) is 0 Å². The molecule has 0 spiro atoms. The number of hydrogen-bond donors (Lipinski definition) is 1. The maximum absolute atomic E-state index is 13.3. The number of nitrogens with one attached hydrogen (secondary N) is 1. The van der Waals surface area contributed by atoms with E-state index < -0.39 is 41.1 Å². The van der Waals surface area contributed by atoms with E-state index >= 15 is 0 Å². The summed E-state index contributed by atoms with van der Waals surface area (Å²) in [5, 5.41) is 1.20. The lowest BCUT2D eigenvalue weighted by Gasteiger charge is -2.27. The third-order valence-corrected chi connectivity index (χ3v) is 2.71. The molecule has 0 aliphatic heterocycles. The number of amides is 1. The van der Waals surface area contributed by atoms with Gasteiger partial charge in [-0.2, -0.15) is 30.7 Å². The molecule has 0 saturated carbocycles. The first-order valence-corrected chi connectivity index (χ1v) is 6.26. The molecule has 4 nitrogen and oxygen atoms in total. The van der Waals surface area contributed by atoms with E-state index in [4.69, 9.17) is 0 Å². The van der Waals surface area contributed by atoms with Crippen molar-refractivity contribution in [2.24, 2.45) is 0 Å². The number of ether oxygens (including phenoxy) is 1. The van der Waals surface area contributed by atoms with Crippen LogP contribution in [0.4, 0.5) is 36.4 Å². The van der Waals surface area contributed by atoms with E-state index in [2.05, 4.69) is 4.74 Å². The first-order chi connectivity index (χ1) is 10.9. The van der Waals surface area contributed by atoms with Gasteiger partial charge in [0.15, 0.2) is 0 Å². The fraction of sp³-hybridized carbons (Fsp3) is 0.385. The Labute approximate surface area is 130 Å². The van der Waals surface area contributed by atoms with Crippen molar-refractivity contribution in [3.63, 3.8) is 0 Å². The van der Waals surface area contributed by atoms with E-state index in [0.29, 0.717) is 0 Å². The number of esters is 1. The van der Waals surface area contributed by atoms with Crippen molar-refractivity contribution in [2.75, 3.05) is 11.9 Å². The number of para-hydroxylation sites is 1. The van der Waals surface area contributed by atoms with Crippen LogP contribution in [0.5, 0.6) is 0 Å². The Balaban J connectivity index is 3.14. The summed E-state index contributed by atoms with van der Waals surface area (Å²) in [5.74, 6) is -16.7. The Morgan fingerprint density at radius 3 is 2.08 bits per heavy atom. The van der Waals surface area contributed by atoms with E-state index in [9.17, 15) is 40.3 Å². The summed E-state index contributed by atoms with van der Waals surface area (Å²) in [6.07, 6.45) is -6.64. The van der Waals surface area contributed by atoms with Gasteiger partial charge in [0.25, 0.3) is 0 Å². The van der Waals surface area contributed by atoms with Gasteiger partial charge in [0, 0.05) is 0 Å². The molecule has 0 radical (unpaired) electrons. The van der Waals surface area contributed by atoms with Gasteiger partial charge in [0.1, 0.15) is 0 Å². The number of alkyl halides is 7. The molecule has 1 aromatic rings. The molecule has 1 N–H and O–H groups in total. The van der Waals surface area contributed by atoms with Gasteiger partial charge < -0.3 is 10.1 Å². The minimum absolute atomic E-state index is 0.122. The normalized spacial score (nSPS) is 12.7. The summed E-state index contributed by atoms with van der Waals surface area (Å²) in [6, 6.07) is 4.25. The summed E-state index contributed by atoms with van der Waals surface area (Å²) in [7, 11) is 0. The highest BCUT2D eigenvalue weighted by Gasteiger charge is 2.76. The molecule has 0 unspecified atom stereocenters. The first kappa shape index (κ1) is 19.7. The molecule has 0 aromatic heterocycles. The van der Waals surface area contributed by atoms with Crippen LogP contribution in [-0.4, -0.2) is 36.5 Å².